The first-order valence-corrected chi connectivity index (χ1v) is 10.6. The molecule has 0 atom stereocenters. The number of hydrogen-bond acceptors (Lipinski definition) is 6. The molecule has 4 aromatic rings. The van der Waals surface area contributed by atoms with Gasteiger partial charge in [-0.2, -0.15) is 5.26 Å². The summed E-state index contributed by atoms with van der Waals surface area (Å²) in [4.78, 5) is 30.4. The van der Waals surface area contributed by atoms with Crippen molar-refractivity contribution in [1.29, 1.82) is 5.26 Å². The van der Waals surface area contributed by atoms with Crippen LogP contribution in [0.2, 0.25) is 10.0 Å². The number of carbonyl (C=O) groups is 1. The van der Waals surface area contributed by atoms with E-state index in [1.54, 1.807) is 36.5 Å². The number of pyridine rings is 2. The maximum atomic E-state index is 13.5. The first-order chi connectivity index (χ1) is 14.8. The SMILES string of the molecule is Cc1c(C(=O)c2sc3cccc(Cl)c3c2Cl)c(O)n(Cc2cccnc2)c(=O)c1C#N. The summed E-state index contributed by atoms with van der Waals surface area (Å²) < 4.78 is 1.70. The molecule has 0 unspecified atom stereocenters. The third-order valence-electron chi connectivity index (χ3n) is 4.90. The number of nitrogens with zero attached hydrogens (tertiary/aromatic N) is 3. The molecular weight excluding hydrogens is 457 g/mol. The zero-order valence-electron chi connectivity index (χ0n) is 16.0. The molecule has 3 heterocycles. The van der Waals surface area contributed by atoms with Crippen LogP contribution in [0.4, 0.5) is 0 Å². The second-order valence-electron chi connectivity index (χ2n) is 6.75. The zero-order valence-corrected chi connectivity index (χ0v) is 18.3. The highest BCUT2D eigenvalue weighted by atomic mass is 35.5. The van der Waals surface area contributed by atoms with E-state index in [0.717, 1.165) is 15.9 Å². The van der Waals surface area contributed by atoms with Crippen molar-refractivity contribution in [3.8, 4) is 11.9 Å². The second kappa shape index (κ2) is 8.16. The van der Waals surface area contributed by atoms with E-state index < -0.39 is 17.2 Å². The van der Waals surface area contributed by atoms with Gasteiger partial charge in [-0.1, -0.05) is 35.3 Å². The van der Waals surface area contributed by atoms with Crippen LogP contribution in [-0.2, 0) is 6.54 Å². The number of rotatable bonds is 4. The number of hydrogen-bond donors (Lipinski definition) is 1. The average molecular weight is 470 g/mol. The minimum atomic E-state index is -0.691. The average Bonchev–Trinajstić information content (AvgIpc) is 3.10. The number of nitriles is 1. The van der Waals surface area contributed by atoms with Crippen molar-refractivity contribution >= 4 is 50.4 Å². The van der Waals surface area contributed by atoms with Crippen molar-refractivity contribution in [2.45, 2.75) is 13.5 Å². The molecule has 1 N–H and O–H groups in total. The summed E-state index contributed by atoms with van der Waals surface area (Å²) in [7, 11) is 0. The molecule has 4 rings (SSSR count). The summed E-state index contributed by atoms with van der Waals surface area (Å²) in [6.45, 7) is 1.40. The summed E-state index contributed by atoms with van der Waals surface area (Å²) in [5.41, 5.74) is -0.344. The van der Waals surface area contributed by atoms with Crippen molar-refractivity contribution in [2.24, 2.45) is 0 Å². The summed E-state index contributed by atoms with van der Waals surface area (Å²) >= 11 is 13.8. The van der Waals surface area contributed by atoms with Crippen LogP contribution in [0.25, 0.3) is 10.1 Å². The fourth-order valence-corrected chi connectivity index (χ4v) is 5.28. The molecule has 0 aliphatic rings. The van der Waals surface area contributed by atoms with Crippen molar-refractivity contribution in [1.82, 2.24) is 9.55 Å². The van der Waals surface area contributed by atoms with Gasteiger partial charge in [-0.25, -0.2) is 0 Å². The summed E-state index contributed by atoms with van der Waals surface area (Å²) in [5.74, 6) is -1.12. The normalized spacial score (nSPS) is 10.9. The highest BCUT2D eigenvalue weighted by Gasteiger charge is 2.28. The van der Waals surface area contributed by atoms with Crippen LogP contribution in [0, 0.1) is 18.3 Å². The Hall–Kier alpha value is -3.18. The predicted octanol–water partition coefficient (Wildman–Crippen LogP) is 4.93. The quantitative estimate of drug-likeness (QED) is 0.427. The number of thiophene rings is 1. The Kier molecular flexibility index (Phi) is 5.54. The predicted molar refractivity (Wildman–Crippen MR) is 120 cm³/mol. The van der Waals surface area contributed by atoms with Crippen molar-refractivity contribution in [2.75, 3.05) is 0 Å². The van der Waals surface area contributed by atoms with Gasteiger partial charge in [-0.3, -0.25) is 19.1 Å². The van der Waals surface area contributed by atoms with E-state index in [-0.39, 0.29) is 33.1 Å². The van der Waals surface area contributed by atoms with E-state index in [4.69, 9.17) is 23.2 Å². The lowest BCUT2D eigenvalue weighted by Gasteiger charge is -2.15. The van der Waals surface area contributed by atoms with Gasteiger partial charge < -0.3 is 5.11 Å². The Labute approximate surface area is 190 Å². The molecule has 9 heteroatoms. The monoisotopic (exact) mass is 469 g/mol. The van der Waals surface area contributed by atoms with E-state index >= 15 is 0 Å². The highest BCUT2D eigenvalue weighted by molar-refractivity contribution is 7.22. The van der Waals surface area contributed by atoms with Gasteiger partial charge in [-0.05, 0) is 36.2 Å². The largest absolute Gasteiger partial charge is 0.494 e. The molecule has 0 aliphatic heterocycles. The van der Waals surface area contributed by atoms with Crippen molar-refractivity contribution < 1.29 is 9.90 Å². The smallest absolute Gasteiger partial charge is 0.271 e. The van der Waals surface area contributed by atoms with E-state index in [1.165, 1.54) is 13.1 Å². The molecule has 0 saturated carbocycles. The van der Waals surface area contributed by atoms with Crippen LogP contribution < -0.4 is 5.56 Å². The third kappa shape index (κ3) is 3.49. The summed E-state index contributed by atoms with van der Waals surface area (Å²) in [6, 6.07) is 10.5. The molecule has 154 valence electrons. The molecule has 0 spiro atoms. The molecule has 6 nitrogen and oxygen atoms in total. The Morgan fingerprint density at radius 1 is 1.29 bits per heavy atom. The molecule has 3 aromatic heterocycles. The lowest BCUT2D eigenvalue weighted by Crippen LogP contribution is -2.27. The molecule has 0 aliphatic carbocycles. The molecule has 31 heavy (non-hydrogen) atoms. The number of ketones is 1. The van der Waals surface area contributed by atoms with Gasteiger partial charge in [0.25, 0.3) is 5.56 Å². The van der Waals surface area contributed by atoms with Gasteiger partial charge >= 0.3 is 0 Å². The molecule has 0 bridgehead atoms. The topological polar surface area (TPSA) is 96.0 Å². The number of fused-ring (bicyclic) bond motifs is 1. The molecule has 0 saturated heterocycles. The van der Waals surface area contributed by atoms with E-state index in [0.29, 0.717) is 20.7 Å². The lowest BCUT2D eigenvalue weighted by molar-refractivity contribution is 0.103. The second-order valence-corrected chi connectivity index (χ2v) is 8.59. The van der Waals surface area contributed by atoms with Crippen molar-refractivity contribution in [3.63, 3.8) is 0 Å². The molecule has 0 amide bonds. The van der Waals surface area contributed by atoms with Crippen LogP contribution in [0.15, 0.2) is 47.5 Å². The van der Waals surface area contributed by atoms with E-state index in [9.17, 15) is 20.0 Å². The first-order valence-electron chi connectivity index (χ1n) is 9.01. The van der Waals surface area contributed by atoms with Gasteiger partial charge in [0.15, 0.2) is 0 Å². The van der Waals surface area contributed by atoms with Gasteiger partial charge in [-0.15, -0.1) is 11.3 Å². The number of aromatic hydroxyl groups is 1. The maximum absolute atomic E-state index is 13.5. The fourth-order valence-electron chi connectivity index (χ4n) is 3.37. The first kappa shape index (κ1) is 21.1. The number of benzene rings is 1. The lowest BCUT2D eigenvalue weighted by atomic mass is 10.0. The third-order valence-corrected chi connectivity index (χ3v) is 6.86. The summed E-state index contributed by atoms with van der Waals surface area (Å²) in [5, 5.41) is 21.6. The minimum absolute atomic E-state index is 0.0558. The number of halogens is 2. The van der Waals surface area contributed by atoms with E-state index in [1.807, 2.05) is 6.07 Å². The molecule has 0 radical (unpaired) electrons. The number of aromatic nitrogens is 2. The standard InChI is InChI=1S/C22H13Cl2N3O3S/c1-11-13(8-25)21(29)27(10-12-4-3-7-26-9-12)22(30)16(11)19(28)20-18(24)17-14(23)5-2-6-15(17)31-20/h2-7,9,30H,10H2,1H3. The van der Waals surface area contributed by atoms with Crippen molar-refractivity contribution in [3.05, 3.63) is 90.3 Å². The number of carbonyl (C=O) groups excluding carboxylic acids is 1. The van der Waals surface area contributed by atoms with Crippen LogP contribution >= 0.6 is 34.5 Å². The molecular formula is C22H13Cl2N3O3S. The minimum Gasteiger partial charge on any atom is -0.494 e. The Morgan fingerprint density at radius 3 is 2.71 bits per heavy atom. The summed E-state index contributed by atoms with van der Waals surface area (Å²) in [6.07, 6.45) is 3.11. The van der Waals surface area contributed by atoms with Gasteiger partial charge in [0.1, 0.15) is 11.6 Å². The van der Waals surface area contributed by atoms with Crippen LogP contribution in [-0.4, -0.2) is 20.4 Å². The zero-order chi connectivity index (χ0) is 22.3. The maximum Gasteiger partial charge on any atom is 0.271 e. The molecule has 0 fully saturated rings. The van der Waals surface area contributed by atoms with Crippen LogP contribution in [0.3, 0.4) is 0 Å². The van der Waals surface area contributed by atoms with Crippen LogP contribution in [0.1, 0.15) is 31.9 Å². The Balaban J connectivity index is 1.95. The van der Waals surface area contributed by atoms with Gasteiger partial charge in [0, 0.05) is 22.5 Å². The fraction of sp³-hybridized carbons (Fsp3) is 0.0909. The highest BCUT2D eigenvalue weighted by Crippen LogP contribution is 2.41. The van der Waals surface area contributed by atoms with Gasteiger partial charge in [0.05, 0.1) is 27.0 Å². The van der Waals surface area contributed by atoms with E-state index in [2.05, 4.69) is 4.98 Å². The Morgan fingerprint density at radius 2 is 2.06 bits per heavy atom. The van der Waals surface area contributed by atoms with Crippen LogP contribution in [0.5, 0.6) is 5.88 Å². The van der Waals surface area contributed by atoms with Gasteiger partial charge in [0.2, 0.25) is 11.7 Å². The Bertz CT molecular complexity index is 1450. The molecule has 1 aromatic carbocycles.